The lowest BCUT2D eigenvalue weighted by Crippen LogP contribution is -2.15. The van der Waals surface area contributed by atoms with E-state index in [0.717, 1.165) is 16.9 Å². The van der Waals surface area contributed by atoms with Crippen molar-refractivity contribution in [3.8, 4) is 11.4 Å². The maximum atomic E-state index is 13.3. The van der Waals surface area contributed by atoms with E-state index in [1.54, 1.807) is 6.26 Å². The molecule has 2 heterocycles. The molecule has 0 bridgehead atoms. The van der Waals surface area contributed by atoms with Gasteiger partial charge in [0.2, 0.25) is 5.91 Å². The van der Waals surface area contributed by atoms with Gasteiger partial charge in [-0.15, -0.1) is 10.2 Å². The number of carbonyl (C=O) groups excluding carboxylic acids is 1. The summed E-state index contributed by atoms with van der Waals surface area (Å²) in [5.74, 6) is 0.715. The van der Waals surface area contributed by atoms with Crippen molar-refractivity contribution in [1.29, 1.82) is 0 Å². The Kier molecular flexibility index (Phi) is 6.39. The van der Waals surface area contributed by atoms with Crippen LogP contribution in [0.4, 0.5) is 10.1 Å². The van der Waals surface area contributed by atoms with Gasteiger partial charge in [-0.25, -0.2) is 4.39 Å². The summed E-state index contributed by atoms with van der Waals surface area (Å²) >= 11 is 7.04. The van der Waals surface area contributed by atoms with E-state index in [1.807, 2.05) is 47.9 Å². The summed E-state index contributed by atoms with van der Waals surface area (Å²) in [5.41, 5.74) is 2.36. The number of rotatable bonds is 7. The van der Waals surface area contributed by atoms with Gasteiger partial charge in [0.05, 0.1) is 29.1 Å². The summed E-state index contributed by atoms with van der Waals surface area (Å²) < 4.78 is 20.7. The number of hydrogen-bond donors (Lipinski definition) is 1. The second-order valence-electron chi connectivity index (χ2n) is 6.73. The fraction of sp³-hybridized carbons (Fsp3) is 0.136. The first-order valence-electron chi connectivity index (χ1n) is 9.40. The van der Waals surface area contributed by atoms with Crippen LogP contribution in [-0.2, 0) is 11.3 Å². The van der Waals surface area contributed by atoms with E-state index in [4.69, 9.17) is 16.0 Å². The average molecular weight is 457 g/mol. The summed E-state index contributed by atoms with van der Waals surface area (Å²) in [5, 5.41) is 11.9. The monoisotopic (exact) mass is 456 g/mol. The highest BCUT2D eigenvalue weighted by molar-refractivity contribution is 7.99. The molecule has 0 saturated heterocycles. The molecule has 0 atom stereocenters. The molecule has 31 heavy (non-hydrogen) atoms. The summed E-state index contributed by atoms with van der Waals surface area (Å²) in [6.45, 7) is 2.41. The number of aryl methyl sites for hydroxylation is 1. The van der Waals surface area contributed by atoms with Gasteiger partial charge in [-0.05, 0) is 36.8 Å². The zero-order chi connectivity index (χ0) is 21.8. The molecule has 0 fully saturated rings. The number of anilines is 1. The highest BCUT2D eigenvalue weighted by atomic mass is 35.5. The molecule has 0 aliphatic heterocycles. The number of aromatic nitrogens is 3. The zero-order valence-electron chi connectivity index (χ0n) is 16.5. The molecule has 2 aromatic heterocycles. The summed E-state index contributed by atoms with van der Waals surface area (Å²) in [4.78, 5) is 12.4. The van der Waals surface area contributed by atoms with Crippen LogP contribution in [0.3, 0.4) is 0 Å². The van der Waals surface area contributed by atoms with Crippen LogP contribution in [0.2, 0.25) is 5.02 Å². The van der Waals surface area contributed by atoms with Crippen molar-refractivity contribution in [2.24, 2.45) is 0 Å². The first-order chi connectivity index (χ1) is 15.0. The van der Waals surface area contributed by atoms with Crippen LogP contribution in [0, 0.1) is 12.7 Å². The van der Waals surface area contributed by atoms with Gasteiger partial charge in [-0.3, -0.25) is 9.36 Å². The van der Waals surface area contributed by atoms with Crippen LogP contribution in [0.5, 0.6) is 0 Å². The summed E-state index contributed by atoms with van der Waals surface area (Å²) in [6.07, 6.45) is 1.61. The molecule has 1 N–H and O–H groups in total. The standard InChI is InChI=1S/C22H18ClFN4O2S/c1-14-17(9-10-30-14)21-26-27-22(28(21)12-15-5-3-2-4-6-15)31-13-20(29)25-16-7-8-19(24)18(23)11-16/h2-11H,12-13H2,1H3,(H,25,29). The number of thioether (sulfide) groups is 1. The third-order valence-corrected chi connectivity index (χ3v) is 5.79. The summed E-state index contributed by atoms with van der Waals surface area (Å²) in [7, 11) is 0. The van der Waals surface area contributed by atoms with Crippen molar-refractivity contribution in [2.45, 2.75) is 18.6 Å². The predicted molar refractivity (Wildman–Crippen MR) is 119 cm³/mol. The second kappa shape index (κ2) is 9.36. The minimum Gasteiger partial charge on any atom is -0.469 e. The van der Waals surface area contributed by atoms with Crippen LogP contribution >= 0.6 is 23.4 Å². The van der Waals surface area contributed by atoms with Gasteiger partial charge in [-0.1, -0.05) is 53.7 Å². The first kappa shape index (κ1) is 21.1. The van der Waals surface area contributed by atoms with Crippen molar-refractivity contribution in [3.05, 3.63) is 83.0 Å². The number of halogens is 2. The largest absolute Gasteiger partial charge is 0.469 e. The van der Waals surface area contributed by atoms with Gasteiger partial charge >= 0.3 is 0 Å². The fourth-order valence-electron chi connectivity index (χ4n) is 3.02. The Labute approximate surface area is 187 Å². The van der Waals surface area contributed by atoms with E-state index >= 15 is 0 Å². The average Bonchev–Trinajstić information content (AvgIpc) is 3.35. The maximum Gasteiger partial charge on any atom is 0.234 e. The van der Waals surface area contributed by atoms with Crippen molar-refractivity contribution < 1.29 is 13.6 Å². The Morgan fingerprint density at radius 2 is 2.00 bits per heavy atom. The smallest absolute Gasteiger partial charge is 0.234 e. The molecule has 4 aromatic rings. The van der Waals surface area contributed by atoms with Gasteiger partial charge in [0.25, 0.3) is 0 Å². The maximum absolute atomic E-state index is 13.3. The van der Waals surface area contributed by atoms with Gasteiger partial charge in [-0.2, -0.15) is 0 Å². The second-order valence-corrected chi connectivity index (χ2v) is 8.08. The Bertz CT molecular complexity index is 1210. The van der Waals surface area contributed by atoms with Crippen LogP contribution in [0.15, 0.2) is 70.4 Å². The zero-order valence-corrected chi connectivity index (χ0v) is 18.1. The fourth-order valence-corrected chi connectivity index (χ4v) is 3.94. The van der Waals surface area contributed by atoms with Gasteiger partial charge < -0.3 is 9.73 Å². The molecule has 6 nitrogen and oxygen atoms in total. The van der Waals surface area contributed by atoms with E-state index in [2.05, 4.69) is 15.5 Å². The molecule has 2 aromatic carbocycles. The molecule has 0 spiro atoms. The number of furan rings is 1. The third kappa shape index (κ3) is 4.98. The van der Waals surface area contributed by atoms with Gasteiger partial charge in [0.15, 0.2) is 11.0 Å². The van der Waals surface area contributed by atoms with Crippen molar-refractivity contribution in [1.82, 2.24) is 14.8 Å². The Morgan fingerprint density at radius 3 is 2.71 bits per heavy atom. The molecular weight excluding hydrogens is 439 g/mol. The number of hydrogen-bond acceptors (Lipinski definition) is 5. The predicted octanol–water partition coefficient (Wildman–Crippen LogP) is 5.42. The minimum absolute atomic E-state index is 0.0480. The SMILES string of the molecule is Cc1occc1-c1nnc(SCC(=O)Nc2ccc(F)c(Cl)c2)n1Cc1ccccc1. The molecule has 0 radical (unpaired) electrons. The van der Waals surface area contributed by atoms with Crippen molar-refractivity contribution in [2.75, 3.05) is 11.1 Å². The number of nitrogens with one attached hydrogen (secondary N) is 1. The molecule has 0 aliphatic rings. The molecular formula is C22H18ClFN4O2S. The van der Waals surface area contributed by atoms with Crippen LogP contribution in [0.25, 0.3) is 11.4 Å². The Balaban J connectivity index is 1.53. The van der Waals surface area contributed by atoms with Crippen molar-refractivity contribution >= 4 is 35.0 Å². The highest BCUT2D eigenvalue weighted by Crippen LogP contribution is 2.28. The van der Waals surface area contributed by atoms with E-state index < -0.39 is 5.82 Å². The van der Waals surface area contributed by atoms with Crippen LogP contribution < -0.4 is 5.32 Å². The normalized spacial score (nSPS) is 10.9. The molecule has 158 valence electrons. The molecule has 0 aliphatic carbocycles. The Morgan fingerprint density at radius 1 is 1.19 bits per heavy atom. The van der Waals surface area contributed by atoms with E-state index in [9.17, 15) is 9.18 Å². The molecule has 0 unspecified atom stereocenters. The van der Waals surface area contributed by atoms with Gasteiger partial charge in [0.1, 0.15) is 11.6 Å². The topological polar surface area (TPSA) is 72.9 Å². The first-order valence-corrected chi connectivity index (χ1v) is 10.8. The quantitative estimate of drug-likeness (QED) is 0.376. The van der Waals surface area contributed by atoms with E-state index in [1.165, 1.54) is 30.0 Å². The lowest BCUT2D eigenvalue weighted by molar-refractivity contribution is -0.113. The molecule has 0 saturated carbocycles. The minimum atomic E-state index is -0.537. The number of carbonyl (C=O) groups is 1. The molecule has 1 amide bonds. The number of amides is 1. The van der Waals surface area contributed by atoms with Crippen molar-refractivity contribution in [3.63, 3.8) is 0 Å². The molecule has 4 rings (SSSR count). The lowest BCUT2D eigenvalue weighted by atomic mass is 10.2. The number of benzene rings is 2. The Hall–Kier alpha value is -3.10. The summed E-state index contributed by atoms with van der Waals surface area (Å²) in [6, 6.07) is 15.8. The van der Waals surface area contributed by atoms with Crippen LogP contribution in [0.1, 0.15) is 11.3 Å². The molecule has 9 heteroatoms. The van der Waals surface area contributed by atoms with E-state index in [0.29, 0.717) is 23.2 Å². The third-order valence-electron chi connectivity index (χ3n) is 4.54. The number of nitrogens with zero attached hydrogens (tertiary/aromatic N) is 3. The lowest BCUT2D eigenvalue weighted by Gasteiger charge is -2.10. The van der Waals surface area contributed by atoms with Crippen LogP contribution in [-0.4, -0.2) is 26.4 Å². The highest BCUT2D eigenvalue weighted by Gasteiger charge is 2.19. The van der Waals surface area contributed by atoms with Gasteiger partial charge in [0, 0.05) is 5.69 Å². The van der Waals surface area contributed by atoms with E-state index in [-0.39, 0.29) is 16.7 Å².